The molecule has 1 aliphatic rings. The summed E-state index contributed by atoms with van der Waals surface area (Å²) in [6, 6.07) is 0.560. The first kappa shape index (κ1) is 16.7. The van der Waals surface area contributed by atoms with Gasteiger partial charge in [-0.3, -0.25) is 9.69 Å². The summed E-state index contributed by atoms with van der Waals surface area (Å²) in [7, 11) is 0. The van der Waals surface area contributed by atoms with Gasteiger partial charge in [-0.15, -0.1) is 12.4 Å². The van der Waals surface area contributed by atoms with Crippen molar-refractivity contribution in [3.63, 3.8) is 0 Å². The Labute approximate surface area is 111 Å². The highest BCUT2D eigenvalue weighted by atomic mass is 35.5. The number of amides is 1. The lowest BCUT2D eigenvalue weighted by Crippen LogP contribution is -2.51. The van der Waals surface area contributed by atoms with Crippen molar-refractivity contribution in [2.75, 3.05) is 13.1 Å². The van der Waals surface area contributed by atoms with Crippen molar-refractivity contribution in [3.8, 4) is 0 Å². The lowest BCUT2D eigenvalue weighted by atomic mass is 10.0. The molecule has 2 atom stereocenters. The van der Waals surface area contributed by atoms with Crippen molar-refractivity contribution in [2.24, 2.45) is 5.73 Å². The van der Waals surface area contributed by atoms with E-state index in [1.54, 1.807) is 0 Å². The van der Waals surface area contributed by atoms with E-state index in [0.29, 0.717) is 6.04 Å². The highest BCUT2D eigenvalue weighted by Crippen LogP contribution is 2.11. The SMILES string of the molecule is CCC(C)NC(=O)C(C)N1CCC(N)CC1.Cl. The maximum atomic E-state index is 11.9. The number of halogens is 1. The molecule has 0 radical (unpaired) electrons. The molecular formula is C12H26ClN3O. The molecule has 1 heterocycles. The van der Waals surface area contributed by atoms with E-state index in [0.717, 1.165) is 32.4 Å². The second-order valence-corrected chi connectivity index (χ2v) is 4.87. The zero-order valence-corrected chi connectivity index (χ0v) is 11.9. The number of nitrogens with one attached hydrogen (secondary N) is 1. The summed E-state index contributed by atoms with van der Waals surface area (Å²) < 4.78 is 0. The van der Waals surface area contributed by atoms with Gasteiger partial charge in [-0.05, 0) is 33.1 Å². The van der Waals surface area contributed by atoms with E-state index in [-0.39, 0.29) is 30.4 Å². The minimum atomic E-state index is -0.0264. The molecule has 2 unspecified atom stereocenters. The van der Waals surface area contributed by atoms with Gasteiger partial charge < -0.3 is 11.1 Å². The van der Waals surface area contributed by atoms with E-state index in [1.165, 1.54) is 0 Å². The number of hydrogen-bond donors (Lipinski definition) is 2. The molecule has 0 saturated carbocycles. The molecule has 0 spiro atoms. The smallest absolute Gasteiger partial charge is 0.237 e. The van der Waals surface area contributed by atoms with Gasteiger partial charge in [0.25, 0.3) is 0 Å². The summed E-state index contributed by atoms with van der Waals surface area (Å²) in [6.07, 6.45) is 2.98. The predicted octanol–water partition coefficient (Wildman–Crippen LogP) is 1.13. The first-order valence-electron chi connectivity index (χ1n) is 6.34. The van der Waals surface area contributed by atoms with Crippen LogP contribution in [0.2, 0.25) is 0 Å². The van der Waals surface area contributed by atoms with Crippen LogP contribution in [0.4, 0.5) is 0 Å². The molecule has 0 bridgehead atoms. The monoisotopic (exact) mass is 263 g/mol. The number of nitrogens with zero attached hydrogens (tertiary/aromatic N) is 1. The van der Waals surface area contributed by atoms with Gasteiger partial charge in [-0.1, -0.05) is 6.92 Å². The van der Waals surface area contributed by atoms with E-state index in [4.69, 9.17) is 5.73 Å². The summed E-state index contributed by atoms with van der Waals surface area (Å²) >= 11 is 0. The maximum absolute atomic E-state index is 11.9. The van der Waals surface area contributed by atoms with Crippen LogP contribution in [-0.4, -0.2) is 42.0 Å². The van der Waals surface area contributed by atoms with Crippen molar-refractivity contribution in [1.29, 1.82) is 0 Å². The van der Waals surface area contributed by atoms with Crippen LogP contribution in [-0.2, 0) is 4.79 Å². The van der Waals surface area contributed by atoms with Gasteiger partial charge in [-0.25, -0.2) is 0 Å². The average molecular weight is 264 g/mol. The highest BCUT2D eigenvalue weighted by molar-refractivity contribution is 5.85. The lowest BCUT2D eigenvalue weighted by Gasteiger charge is -2.34. The summed E-state index contributed by atoms with van der Waals surface area (Å²) in [5.41, 5.74) is 5.85. The molecule has 0 aromatic heterocycles. The van der Waals surface area contributed by atoms with Crippen molar-refractivity contribution in [2.45, 2.75) is 58.2 Å². The predicted molar refractivity (Wildman–Crippen MR) is 73.4 cm³/mol. The highest BCUT2D eigenvalue weighted by Gasteiger charge is 2.25. The molecule has 17 heavy (non-hydrogen) atoms. The summed E-state index contributed by atoms with van der Waals surface area (Å²) in [4.78, 5) is 14.1. The fraction of sp³-hybridized carbons (Fsp3) is 0.917. The fourth-order valence-corrected chi connectivity index (χ4v) is 1.94. The normalized spacial score (nSPS) is 21.4. The molecule has 0 aromatic carbocycles. The minimum absolute atomic E-state index is 0. The summed E-state index contributed by atoms with van der Waals surface area (Å²) in [5, 5.41) is 3.03. The van der Waals surface area contributed by atoms with E-state index < -0.39 is 0 Å². The Morgan fingerprint density at radius 3 is 2.41 bits per heavy atom. The molecule has 3 N–H and O–H groups in total. The number of likely N-dealkylation sites (tertiary alicyclic amines) is 1. The topological polar surface area (TPSA) is 58.4 Å². The molecule has 0 aromatic rings. The molecule has 1 saturated heterocycles. The Hall–Kier alpha value is -0.320. The van der Waals surface area contributed by atoms with Crippen LogP contribution in [0.15, 0.2) is 0 Å². The number of carbonyl (C=O) groups excluding carboxylic acids is 1. The van der Waals surface area contributed by atoms with Gasteiger partial charge >= 0.3 is 0 Å². The second-order valence-electron chi connectivity index (χ2n) is 4.87. The van der Waals surface area contributed by atoms with Crippen LogP contribution < -0.4 is 11.1 Å². The van der Waals surface area contributed by atoms with E-state index in [9.17, 15) is 4.79 Å². The number of nitrogens with two attached hydrogens (primary N) is 1. The third-order valence-corrected chi connectivity index (χ3v) is 3.50. The maximum Gasteiger partial charge on any atom is 0.237 e. The van der Waals surface area contributed by atoms with Crippen molar-refractivity contribution >= 4 is 18.3 Å². The van der Waals surface area contributed by atoms with Crippen molar-refractivity contribution in [1.82, 2.24) is 10.2 Å². The van der Waals surface area contributed by atoms with Gasteiger partial charge in [0.1, 0.15) is 0 Å². The molecule has 4 nitrogen and oxygen atoms in total. The van der Waals surface area contributed by atoms with Crippen molar-refractivity contribution < 1.29 is 4.79 Å². The number of carbonyl (C=O) groups is 1. The molecular weight excluding hydrogens is 238 g/mol. The number of hydrogen-bond acceptors (Lipinski definition) is 3. The Morgan fingerprint density at radius 2 is 1.94 bits per heavy atom. The van der Waals surface area contributed by atoms with Crippen LogP contribution >= 0.6 is 12.4 Å². The van der Waals surface area contributed by atoms with Crippen LogP contribution in [0, 0.1) is 0 Å². The van der Waals surface area contributed by atoms with E-state index in [2.05, 4.69) is 17.1 Å². The first-order chi connectivity index (χ1) is 7.54. The quantitative estimate of drug-likeness (QED) is 0.800. The molecule has 1 amide bonds. The van der Waals surface area contributed by atoms with E-state index >= 15 is 0 Å². The van der Waals surface area contributed by atoms with Gasteiger partial charge in [0, 0.05) is 25.2 Å². The first-order valence-corrected chi connectivity index (χ1v) is 6.34. The Bertz CT molecular complexity index is 230. The van der Waals surface area contributed by atoms with Gasteiger partial charge in [0.05, 0.1) is 6.04 Å². The lowest BCUT2D eigenvalue weighted by molar-refractivity contribution is -0.126. The third kappa shape index (κ3) is 5.23. The van der Waals surface area contributed by atoms with Crippen LogP contribution in [0.5, 0.6) is 0 Å². The van der Waals surface area contributed by atoms with Crippen LogP contribution in [0.1, 0.15) is 40.0 Å². The van der Waals surface area contributed by atoms with E-state index in [1.807, 2.05) is 13.8 Å². The number of rotatable bonds is 4. The average Bonchev–Trinajstić information content (AvgIpc) is 2.28. The molecule has 5 heteroatoms. The fourth-order valence-electron chi connectivity index (χ4n) is 1.94. The standard InChI is InChI=1S/C12H25N3O.ClH/c1-4-9(2)14-12(16)10(3)15-7-5-11(13)6-8-15;/h9-11H,4-8,13H2,1-3H3,(H,14,16);1H. The Morgan fingerprint density at radius 1 is 1.41 bits per heavy atom. The summed E-state index contributed by atoms with van der Waals surface area (Å²) in [5.74, 6) is 0.143. The van der Waals surface area contributed by atoms with Gasteiger partial charge in [0.15, 0.2) is 0 Å². The molecule has 1 fully saturated rings. The second kappa shape index (κ2) is 7.90. The molecule has 102 valence electrons. The number of piperidine rings is 1. The van der Waals surface area contributed by atoms with Crippen molar-refractivity contribution in [3.05, 3.63) is 0 Å². The summed E-state index contributed by atoms with van der Waals surface area (Å²) in [6.45, 7) is 7.98. The van der Waals surface area contributed by atoms with Gasteiger partial charge in [-0.2, -0.15) is 0 Å². The zero-order valence-electron chi connectivity index (χ0n) is 11.1. The third-order valence-electron chi connectivity index (χ3n) is 3.50. The Balaban J connectivity index is 0.00000256. The van der Waals surface area contributed by atoms with Gasteiger partial charge in [0.2, 0.25) is 5.91 Å². The largest absolute Gasteiger partial charge is 0.352 e. The van der Waals surface area contributed by atoms with Crippen LogP contribution in [0.3, 0.4) is 0 Å². The Kier molecular flexibility index (Phi) is 7.75. The molecule has 1 aliphatic heterocycles. The van der Waals surface area contributed by atoms with Crippen LogP contribution in [0.25, 0.3) is 0 Å². The zero-order chi connectivity index (χ0) is 12.1. The molecule has 1 rings (SSSR count). The minimum Gasteiger partial charge on any atom is -0.352 e. The molecule has 0 aliphatic carbocycles.